The summed E-state index contributed by atoms with van der Waals surface area (Å²) in [4.78, 5) is 13.8. The Hall–Kier alpha value is -1.84. The van der Waals surface area contributed by atoms with Gasteiger partial charge in [0.2, 0.25) is 0 Å². The highest BCUT2D eigenvalue weighted by atomic mass is 19.1. The molecule has 4 heteroatoms. The molecule has 114 valence electrons. The molecule has 0 spiro atoms. The molecule has 0 radical (unpaired) electrons. The maximum atomic E-state index is 12.9. The van der Waals surface area contributed by atoms with Gasteiger partial charge in [-0.15, -0.1) is 0 Å². The largest absolute Gasteiger partial charge is 0.444 e. The van der Waals surface area contributed by atoms with Gasteiger partial charge in [-0.25, -0.2) is 9.18 Å². The second-order valence-corrected chi connectivity index (χ2v) is 6.36. The number of hydrogen-bond donors (Lipinski definition) is 0. The summed E-state index contributed by atoms with van der Waals surface area (Å²) in [5.74, 6) is -0.240. The molecule has 1 fully saturated rings. The summed E-state index contributed by atoms with van der Waals surface area (Å²) in [6.07, 6.45) is 3.63. The molecule has 0 bridgehead atoms. The zero-order valence-corrected chi connectivity index (χ0v) is 12.9. The fourth-order valence-corrected chi connectivity index (χ4v) is 2.30. The van der Waals surface area contributed by atoms with Crippen LogP contribution in [0, 0.1) is 5.82 Å². The average molecular weight is 291 g/mol. The van der Waals surface area contributed by atoms with Crippen LogP contribution < -0.4 is 0 Å². The molecule has 2 rings (SSSR count). The van der Waals surface area contributed by atoms with E-state index in [0.29, 0.717) is 6.54 Å². The fourth-order valence-electron chi connectivity index (χ4n) is 2.30. The monoisotopic (exact) mass is 291 g/mol. The van der Waals surface area contributed by atoms with Gasteiger partial charge in [0.05, 0.1) is 0 Å². The molecule has 1 saturated heterocycles. The normalized spacial score (nSPS) is 17.9. The summed E-state index contributed by atoms with van der Waals surface area (Å²) in [6.45, 7) is 6.89. The maximum absolute atomic E-state index is 12.9. The van der Waals surface area contributed by atoms with Crippen molar-refractivity contribution in [1.29, 1.82) is 0 Å². The van der Waals surface area contributed by atoms with Crippen molar-refractivity contribution in [2.75, 3.05) is 13.1 Å². The number of amides is 1. The van der Waals surface area contributed by atoms with Gasteiger partial charge in [-0.2, -0.15) is 0 Å². The third-order valence-electron chi connectivity index (χ3n) is 3.21. The first-order valence-electron chi connectivity index (χ1n) is 7.26. The van der Waals surface area contributed by atoms with E-state index in [0.717, 1.165) is 24.9 Å². The molecule has 1 aliphatic rings. The van der Waals surface area contributed by atoms with Crippen LogP contribution in [0.25, 0.3) is 6.08 Å². The standard InChI is InChI=1S/C17H22FNO2/c1-17(2,3)21-16(20)19-10-4-5-14(12-19)11-13-6-8-15(18)9-7-13/h6-9,11H,4-5,10,12H2,1-3H3/b14-11-. The number of likely N-dealkylation sites (tertiary alicyclic amines) is 1. The van der Waals surface area contributed by atoms with Crippen LogP contribution in [0.1, 0.15) is 39.2 Å². The molecule has 0 saturated carbocycles. The predicted molar refractivity (Wildman–Crippen MR) is 81.4 cm³/mol. The number of benzene rings is 1. The Balaban J connectivity index is 2.03. The molecular formula is C17H22FNO2. The number of rotatable bonds is 1. The van der Waals surface area contributed by atoms with Gasteiger partial charge in [-0.05, 0) is 51.3 Å². The number of nitrogens with zero attached hydrogens (tertiary/aromatic N) is 1. The minimum atomic E-state index is -0.477. The average Bonchev–Trinajstić information content (AvgIpc) is 2.40. The Bertz CT molecular complexity index is 529. The number of piperidine rings is 1. The summed E-state index contributed by atoms with van der Waals surface area (Å²) in [5.41, 5.74) is 1.64. The van der Waals surface area contributed by atoms with Gasteiger partial charge in [0, 0.05) is 13.1 Å². The number of carbonyl (C=O) groups excluding carboxylic acids is 1. The van der Waals surface area contributed by atoms with E-state index in [1.165, 1.54) is 17.7 Å². The van der Waals surface area contributed by atoms with Crippen LogP contribution in [0.3, 0.4) is 0 Å². The maximum Gasteiger partial charge on any atom is 0.410 e. The van der Waals surface area contributed by atoms with Crippen LogP contribution in [-0.4, -0.2) is 29.7 Å². The summed E-state index contributed by atoms with van der Waals surface area (Å²) < 4.78 is 18.3. The Morgan fingerprint density at radius 3 is 2.57 bits per heavy atom. The predicted octanol–water partition coefficient (Wildman–Crippen LogP) is 4.24. The zero-order chi connectivity index (χ0) is 15.5. The van der Waals surface area contributed by atoms with E-state index in [-0.39, 0.29) is 11.9 Å². The molecule has 1 aromatic rings. The third-order valence-corrected chi connectivity index (χ3v) is 3.21. The molecule has 0 unspecified atom stereocenters. The Kier molecular flexibility index (Phi) is 4.66. The number of hydrogen-bond acceptors (Lipinski definition) is 2. The fraction of sp³-hybridized carbons (Fsp3) is 0.471. The summed E-state index contributed by atoms with van der Waals surface area (Å²) in [5, 5.41) is 0. The molecule has 1 aromatic carbocycles. The highest BCUT2D eigenvalue weighted by Gasteiger charge is 2.24. The van der Waals surface area contributed by atoms with Crippen LogP contribution in [0.2, 0.25) is 0 Å². The van der Waals surface area contributed by atoms with Gasteiger partial charge in [0.15, 0.2) is 0 Å². The lowest BCUT2D eigenvalue weighted by Crippen LogP contribution is -2.40. The lowest BCUT2D eigenvalue weighted by molar-refractivity contribution is 0.0247. The van der Waals surface area contributed by atoms with E-state index >= 15 is 0 Å². The van der Waals surface area contributed by atoms with Crippen molar-refractivity contribution in [2.45, 2.75) is 39.2 Å². The first-order chi connectivity index (χ1) is 9.83. The lowest BCUT2D eigenvalue weighted by Gasteiger charge is -2.31. The topological polar surface area (TPSA) is 29.5 Å². The van der Waals surface area contributed by atoms with E-state index in [1.807, 2.05) is 26.8 Å². The molecule has 1 aliphatic heterocycles. The van der Waals surface area contributed by atoms with Crippen LogP contribution in [0.5, 0.6) is 0 Å². The van der Waals surface area contributed by atoms with Crippen LogP contribution in [0.15, 0.2) is 29.8 Å². The quantitative estimate of drug-likeness (QED) is 0.774. The van der Waals surface area contributed by atoms with Gasteiger partial charge in [0.25, 0.3) is 0 Å². The lowest BCUT2D eigenvalue weighted by atomic mass is 10.0. The molecule has 0 N–H and O–H groups in total. The van der Waals surface area contributed by atoms with Gasteiger partial charge < -0.3 is 9.64 Å². The van der Waals surface area contributed by atoms with Crippen LogP contribution in [-0.2, 0) is 4.74 Å². The van der Waals surface area contributed by atoms with Crippen molar-refractivity contribution in [1.82, 2.24) is 4.90 Å². The summed E-state index contributed by atoms with van der Waals surface area (Å²) in [7, 11) is 0. The molecule has 21 heavy (non-hydrogen) atoms. The molecule has 3 nitrogen and oxygen atoms in total. The van der Waals surface area contributed by atoms with Crippen molar-refractivity contribution in [3.63, 3.8) is 0 Å². The van der Waals surface area contributed by atoms with E-state index in [4.69, 9.17) is 4.74 Å². The van der Waals surface area contributed by atoms with Crippen molar-refractivity contribution in [3.8, 4) is 0 Å². The van der Waals surface area contributed by atoms with Crippen molar-refractivity contribution < 1.29 is 13.9 Å². The second kappa shape index (κ2) is 6.29. The Labute approximate surface area is 125 Å². The molecule has 1 amide bonds. The van der Waals surface area contributed by atoms with E-state index in [2.05, 4.69) is 0 Å². The summed E-state index contributed by atoms with van der Waals surface area (Å²) in [6, 6.07) is 6.38. The minimum Gasteiger partial charge on any atom is -0.444 e. The van der Waals surface area contributed by atoms with Crippen LogP contribution >= 0.6 is 0 Å². The van der Waals surface area contributed by atoms with Gasteiger partial charge in [-0.1, -0.05) is 23.8 Å². The number of ether oxygens (including phenoxy) is 1. The number of halogens is 1. The van der Waals surface area contributed by atoms with E-state index in [9.17, 15) is 9.18 Å². The van der Waals surface area contributed by atoms with Gasteiger partial charge in [-0.3, -0.25) is 0 Å². The molecule has 1 heterocycles. The summed E-state index contributed by atoms with van der Waals surface area (Å²) >= 11 is 0. The highest BCUT2D eigenvalue weighted by molar-refractivity contribution is 5.69. The molecule has 0 aromatic heterocycles. The Morgan fingerprint density at radius 1 is 1.29 bits per heavy atom. The highest BCUT2D eigenvalue weighted by Crippen LogP contribution is 2.21. The smallest absolute Gasteiger partial charge is 0.410 e. The number of carbonyl (C=O) groups is 1. The van der Waals surface area contributed by atoms with Crippen LogP contribution in [0.4, 0.5) is 9.18 Å². The van der Waals surface area contributed by atoms with Crippen molar-refractivity contribution >= 4 is 12.2 Å². The van der Waals surface area contributed by atoms with Crippen molar-refractivity contribution in [3.05, 3.63) is 41.2 Å². The van der Waals surface area contributed by atoms with Gasteiger partial charge in [0.1, 0.15) is 11.4 Å². The minimum absolute atomic E-state index is 0.240. The Morgan fingerprint density at radius 2 is 1.95 bits per heavy atom. The van der Waals surface area contributed by atoms with Gasteiger partial charge >= 0.3 is 6.09 Å². The van der Waals surface area contributed by atoms with E-state index in [1.54, 1.807) is 17.0 Å². The van der Waals surface area contributed by atoms with E-state index < -0.39 is 5.60 Å². The first-order valence-corrected chi connectivity index (χ1v) is 7.26. The molecule has 0 atom stereocenters. The third kappa shape index (κ3) is 4.88. The molecule has 0 aliphatic carbocycles. The molecular weight excluding hydrogens is 269 g/mol. The van der Waals surface area contributed by atoms with Crippen molar-refractivity contribution in [2.24, 2.45) is 0 Å². The SMILES string of the molecule is CC(C)(C)OC(=O)N1CCC/C(=C/c2ccc(F)cc2)C1. The first kappa shape index (κ1) is 15.5. The second-order valence-electron chi connectivity index (χ2n) is 6.36. The zero-order valence-electron chi connectivity index (χ0n) is 12.9.